The maximum Gasteiger partial charge on any atom is 0.309 e. The van der Waals surface area contributed by atoms with Crippen LogP contribution in [-0.4, -0.2) is 50.5 Å². The molecule has 1 saturated heterocycles. The fraction of sp³-hybridized carbons (Fsp3) is 0.333. The van der Waals surface area contributed by atoms with E-state index in [1.165, 1.54) is 16.4 Å². The molecule has 30 heavy (non-hydrogen) atoms. The molecule has 2 amide bonds. The van der Waals surface area contributed by atoms with Gasteiger partial charge in [-0.1, -0.05) is 47.5 Å². The van der Waals surface area contributed by atoms with Crippen LogP contribution in [0.25, 0.3) is 0 Å². The summed E-state index contributed by atoms with van der Waals surface area (Å²) in [6.07, 6.45) is -0.870. The molecule has 0 bridgehead atoms. The summed E-state index contributed by atoms with van der Waals surface area (Å²) >= 11 is 0. The molecular weight excluding hydrogens is 406 g/mol. The van der Waals surface area contributed by atoms with E-state index in [-0.39, 0.29) is 31.1 Å². The first-order valence-corrected chi connectivity index (χ1v) is 11.0. The van der Waals surface area contributed by atoms with Crippen LogP contribution in [0.5, 0.6) is 0 Å². The summed E-state index contributed by atoms with van der Waals surface area (Å²) in [5.41, 5.74) is 2.92. The Hall–Kier alpha value is -2.75. The Morgan fingerprint density at radius 1 is 0.967 bits per heavy atom. The summed E-state index contributed by atoms with van der Waals surface area (Å²) in [5, 5.41) is 4.99. The number of carbonyl (C=O) groups excluding carboxylic acids is 2. The zero-order valence-corrected chi connectivity index (χ0v) is 17.7. The van der Waals surface area contributed by atoms with E-state index in [4.69, 9.17) is 4.74 Å². The molecule has 1 fully saturated rings. The first kappa shape index (κ1) is 21.9. The van der Waals surface area contributed by atoms with Crippen LogP contribution in [0.1, 0.15) is 16.7 Å². The third kappa shape index (κ3) is 5.24. The van der Waals surface area contributed by atoms with Gasteiger partial charge in [-0.25, -0.2) is 8.42 Å². The number of amides is 2. The van der Waals surface area contributed by atoms with Gasteiger partial charge in [-0.2, -0.15) is 4.31 Å². The average Bonchev–Trinajstić information content (AvgIpc) is 3.21. The largest absolute Gasteiger partial charge is 0.359 e. The van der Waals surface area contributed by atoms with E-state index in [9.17, 15) is 18.0 Å². The first-order chi connectivity index (χ1) is 14.3. The van der Waals surface area contributed by atoms with Crippen molar-refractivity contribution in [2.45, 2.75) is 31.5 Å². The molecule has 1 heterocycles. The predicted octanol–water partition coefficient (Wildman–Crippen LogP) is 1.08. The Kier molecular flexibility index (Phi) is 6.86. The Labute approximate surface area is 176 Å². The van der Waals surface area contributed by atoms with E-state index >= 15 is 0 Å². The quantitative estimate of drug-likeness (QED) is 0.666. The first-order valence-electron chi connectivity index (χ1n) is 9.59. The summed E-state index contributed by atoms with van der Waals surface area (Å²) in [4.78, 5) is 24.3. The fourth-order valence-electron chi connectivity index (χ4n) is 3.02. The molecule has 1 aliphatic rings. The van der Waals surface area contributed by atoms with Gasteiger partial charge in [-0.05, 0) is 31.5 Å². The van der Waals surface area contributed by atoms with Gasteiger partial charge in [-0.3, -0.25) is 9.59 Å². The van der Waals surface area contributed by atoms with Gasteiger partial charge in [0.25, 0.3) is 0 Å². The highest BCUT2D eigenvalue weighted by Gasteiger charge is 2.36. The van der Waals surface area contributed by atoms with Crippen molar-refractivity contribution in [2.75, 3.05) is 19.7 Å². The molecule has 160 valence electrons. The lowest BCUT2D eigenvalue weighted by atomic mass is 10.1. The third-order valence-electron chi connectivity index (χ3n) is 4.79. The molecule has 8 nitrogen and oxygen atoms in total. The van der Waals surface area contributed by atoms with E-state index < -0.39 is 28.1 Å². The molecule has 0 radical (unpaired) electrons. The number of sulfonamides is 1. The second kappa shape index (κ2) is 9.38. The molecule has 3 rings (SSSR count). The van der Waals surface area contributed by atoms with Crippen molar-refractivity contribution in [1.82, 2.24) is 14.9 Å². The second-order valence-electron chi connectivity index (χ2n) is 7.13. The van der Waals surface area contributed by atoms with Crippen molar-refractivity contribution in [3.63, 3.8) is 0 Å². The highest BCUT2D eigenvalue weighted by molar-refractivity contribution is 7.89. The number of nitrogens with one attached hydrogen (secondary N) is 2. The summed E-state index contributed by atoms with van der Waals surface area (Å²) in [5.74, 6) is -1.63. The van der Waals surface area contributed by atoms with Crippen LogP contribution in [0.2, 0.25) is 0 Å². The van der Waals surface area contributed by atoms with Crippen LogP contribution in [-0.2, 0) is 30.9 Å². The predicted molar refractivity (Wildman–Crippen MR) is 111 cm³/mol. The number of hydrogen-bond acceptors (Lipinski definition) is 5. The number of hydrogen-bond donors (Lipinski definition) is 2. The molecule has 0 unspecified atom stereocenters. The molecule has 2 aromatic rings. The summed E-state index contributed by atoms with van der Waals surface area (Å²) < 4.78 is 32.4. The molecular formula is C21H25N3O5S. The van der Waals surface area contributed by atoms with Gasteiger partial charge >= 0.3 is 11.8 Å². The van der Waals surface area contributed by atoms with Gasteiger partial charge in [0.2, 0.25) is 10.0 Å². The van der Waals surface area contributed by atoms with Crippen LogP contribution >= 0.6 is 0 Å². The third-order valence-corrected chi connectivity index (χ3v) is 6.69. The maximum atomic E-state index is 12.9. The van der Waals surface area contributed by atoms with Gasteiger partial charge in [0.15, 0.2) is 0 Å². The summed E-state index contributed by atoms with van der Waals surface area (Å²) in [6.45, 7) is 4.32. The second-order valence-corrected chi connectivity index (χ2v) is 9.02. The van der Waals surface area contributed by atoms with E-state index in [2.05, 4.69) is 10.6 Å². The van der Waals surface area contributed by atoms with Crippen LogP contribution in [0.4, 0.5) is 0 Å². The lowest BCUT2D eigenvalue weighted by Gasteiger charge is -2.22. The van der Waals surface area contributed by atoms with Gasteiger partial charge in [0.05, 0.1) is 18.0 Å². The highest BCUT2D eigenvalue weighted by atomic mass is 32.2. The standard InChI is InChI=1S/C21H25N3O5S/c1-15-3-7-17(8-4-15)13-22-20(25)21(26)23-14-19-24(11-12-29-19)30(27,28)18-9-5-16(2)6-10-18/h3-10,19H,11-14H2,1-2H3,(H,22,25)(H,23,26)/t19-/m1/s1. The van der Waals surface area contributed by atoms with Gasteiger partial charge < -0.3 is 15.4 Å². The molecule has 0 saturated carbocycles. The number of nitrogens with zero attached hydrogens (tertiary/aromatic N) is 1. The van der Waals surface area contributed by atoms with Crippen LogP contribution in [0.3, 0.4) is 0 Å². The maximum absolute atomic E-state index is 12.9. The number of ether oxygens (including phenoxy) is 1. The molecule has 2 N–H and O–H groups in total. The van der Waals surface area contributed by atoms with E-state index in [0.717, 1.165) is 16.7 Å². The van der Waals surface area contributed by atoms with Crippen LogP contribution in [0.15, 0.2) is 53.4 Å². The minimum Gasteiger partial charge on any atom is -0.359 e. The SMILES string of the molecule is Cc1ccc(CNC(=O)C(=O)NC[C@H]2OCCN2S(=O)(=O)c2ccc(C)cc2)cc1. The Balaban J connectivity index is 1.54. The summed E-state index contributed by atoms with van der Waals surface area (Å²) in [6, 6.07) is 14.1. The molecule has 1 aliphatic heterocycles. The molecule has 1 atom stereocenters. The van der Waals surface area contributed by atoms with Crippen LogP contribution < -0.4 is 10.6 Å². The number of benzene rings is 2. The minimum absolute atomic E-state index is 0.123. The van der Waals surface area contributed by atoms with Crippen molar-refractivity contribution in [3.05, 3.63) is 65.2 Å². The normalized spacial score (nSPS) is 16.9. The molecule has 2 aromatic carbocycles. The van der Waals surface area contributed by atoms with Crippen molar-refractivity contribution < 1.29 is 22.7 Å². The van der Waals surface area contributed by atoms with E-state index in [0.29, 0.717) is 0 Å². The molecule has 9 heteroatoms. The zero-order chi connectivity index (χ0) is 21.7. The van der Waals surface area contributed by atoms with Crippen molar-refractivity contribution in [1.29, 1.82) is 0 Å². The summed E-state index contributed by atoms with van der Waals surface area (Å²) in [7, 11) is -3.77. The lowest BCUT2D eigenvalue weighted by molar-refractivity contribution is -0.139. The van der Waals surface area contributed by atoms with Crippen molar-refractivity contribution >= 4 is 21.8 Å². The minimum atomic E-state index is -3.77. The molecule has 0 aromatic heterocycles. The Morgan fingerprint density at radius 2 is 1.53 bits per heavy atom. The van der Waals surface area contributed by atoms with Crippen LogP contribution in [0, 0.1) is 13.8 Å². The topological polar surface area (TPSA) is 105 Å². The Morgan fingerprint density at radius 3 is 2.17 bits per heavy atom. The zero-order valence-electron chi connectivity index (χ0n) is 16.9. The number of aryl methyl sites for hydroxylation is 2. The average molecular weight is 432 g/mol. The fourth-order valence-corrected chi connectivity index (χ4v) is 4.53. The van der Waals surface area contributed by atoms with E-state index in [1.807, 2.05) is 38.1 Å². The smallest absolute Gasteiger partial charge is 0.309 e. The molecule has 0 aliphatic carbocycles. The Bertz CT molecular complexity index is 1000. The monoisotopic (exact) mass is 431 g/mol. The highest BCUT2D eigenvalue weighted by Crippen LogP contribution is 2.22. The van der Waals surface area contributed by atoms with Gasteiger partial charge in [0.1, 0.15) is 6.23 Å². The lowest BCUT2D eigenvalue weighted by Crippen LogP contribution is -2.47. The van der Waals surface area contributed by atoms with Gasteiger partial charge in [0, 0.05) is 13.1 Å². The van der Waals surface area contributed by atoms with Crippen molar-refractivity contribution in [2.24, 2.45) is 0 Å². The van der Waals surface area contributed by atoms with Gasteiger partial charge in [-0.15, -0.1) is 0 Å². The van der Waals surface area contributed by atoms with E-state index in [1.54, 1.807) is 12.1 Å². The number of carbonyl (C=O) groups is 2. The molecule has 0 spiro atoms. The van der Waals surface area contributed by atoms with Crippen molar-refractivity contribution in [3.8, 4) is 0 Å². The number of rotatable bonds is 6.